The van der Waals surface area contributed by atoms with Gasteiger partial charge >= 0.3 is 0 Å². The van der Waals surface area contributed by atoms with Crippen LogP contribution in [0.2, 0.25) is 0 Å². The lowest BCUT2D eigenvalue weighted by Crippen LogP contribution is -2.64. The van der Waals surface area contributed by atoms with Gasteiger partial charge in [0.25, 0.3) is 5.91 Å². The quantitative estimate of drug-likeness (QED) is 0.0658. The van der Waals surface area contributed by atoms with E-state index in [9.17, 15) is 19.5 Å². The Morgan fingerprint density at radius 2 is 1.02 bits per heavy atom. The van der Waals surface area contributed by atoms with E-state index in [0.29, 0.717) is 38.4 Å². The molecule has 2 fully saturated rings. The van der Waals surface area contributed by atoms with E-state index >= 15 is 38.4 Å². The molecule has 0 aromatic carbocycles. The van der Waals surface area contributed by atoms with E-state index < -0.39 is 155 Å². The maximum absolute atomic E-state index is 15.6. The molecule has 0 unspecified atom stereocenters. The SMILES string of the molecule is C/C=C/C[C@@H](C)[C@@H](O)[C@H]1C(=O)N[C@@H](CC)C(=O)N(C)[C@H](SCCCN2CCOCC2)C(=O)N(C)[C@@H](COCC(CC)CC)C(=O)N[C@@H](C(C)C)C(=O)N(C)[C@@H](CC(C)C)C(=O)N[C@@H](C)C(=O)N[C@H](C)C(=O)N(C)[C@@H](CC(C)C)C(=O)N(C)[C@@H](CC(C)C)C(=O)N(C)[C@@H](C(C)C)C(=O)N1C. The fourth-order valence-electron chi connectivity index (χ4n) is 12.5. The normalized spacial score (nSPS) is 26.7. The lowest BCUT2D eigenvalue weighted by atomic mass is 9.91. The van der Waals surface area contributed by atoms with Crippen molar-refractivity contribution in [2.75, 3.05) is 101 Å². The van der Waals surface area contributed by atoms with Crippen LogP contribution < -0.4 is 21.3 Å². The molecule has 0 spiro atoms. The molecule has 0 radical (unpaired) electrons. The molecule has 0 aromatic rings. The van der Waals surface area contributed by atoms with Crippen LogP contribution in [0.3, 0.4) is 0 Å². The van der Waals surface area contributed by atoms with Gasteiger partial charge in [0.2, 0.25) is 59.1 Å². The van der Waals surface area contributed by atoms with Crippen LogP contribution in [0.15, 0.2) is 12.2 Å². The summed E-state index contributed by atoms with van der Waals surface area (Å²) in [6.45, 7) is 33.5. The van der Waals surface area contributed by atoms with Crippen molar-refractivity contribution in [2.24, 2.45) is 41.4 Å². The fraction of sp³-hybridized carbons (Fsp3) is 0.819. The number of carbonyl (C=O) groups excluding carboxylic acids is 11. The summed E-state index contributed by atoms with van der Waals surface area (Å²) in [7, 11) is 10.0. The number of hydrogen-bond acceptors (Lipinski definition) is 16. The first-order valence-corrected chi connectivity index (χ1v) is 37.2. The molecule has 13 atom stereocenters. The number of ether oxygens (including phenoxy) is 2. The topological polar surface area (TPSA) is 300 Å². The summed E-state index contributed by atoms with van der Waals surface area (Å²) in [4.78, 5) is 176. The number of nitrogens with one attached hydrogen (secondary N) is 4. The summed E-state index contributed by atoms with van der Waals surface area (Å²) in [6, 6.07) is -12.9. The van der Waals surface area contributed by atoms with Gasteiger partial charge < -0.3 is 70.1 Å². The second kappa shape index (κ2) is 43.1. The third-order valence-electron chi connectivity index (χ3n) is 19.3. The number of aliphatic hydroxyl groups is 1. The van der Waals surface area contributed by atoms with Gasteiger partial charge in [-0.3, -0.25) is 57.6 Å². The highest BCUT2D eigenvalue weighted by atomic mass is 32.2. The summed E-state index contributed by atoms with van der Waals surface area (Å²) < 4.78 is 11.9. The zero-order valence-electron chi connectivity index (χ0n) is 64.7. The Hall–Kier alpha value is -5.90. The molecule has 5 N–H and O–H groups in total. The number of amides is 11. The Bertz CT molecular complexity index is 2660. The number of allylic oxidation sites excluding steroid dienone is 2. The van der Waals surface area contributed by atoms with E-state index in [0.717, 1.165) is 30.8 Å². The number of thioether (sulfide) groups is 1. The molecule has 11 amide bonds. The minimum Gasteiger partial charge on any atom is -0.390 e. The first-order valence-electron chi connectivity index (χ1n) is 36.1. The molecule has 0 bridgehead atoms. The molecule has 26 nitrogen and oxygen atoms in total. The molecule has 2 saturated heterocycles. The smallest absolute Gasteiger partial charge is 0.256 e. The van der Waals surface area contributed by atoms with E-state index in [4.69, 9.17) is 9.47 Å². The molecule has 99 heavy (non-hydrogen) atoms. The Morgan fingerprint density at radius 1 is 0.535 bits per heavy atom. The van der Waals surface area contributed by atoms with E-state index in [1.807, 2.05) is 68.4 Å². The first kappa shape index (κ1) is 89.2. The van der Waals surface area contributed by atoms with Gasteiger partial charge in [0.15, 0.2) is 5.37 Å². The van der Waals surface area contributed by atoms with Gasteiger partial charge in [-0.25, -0.2) is 0 Å². The predicted octanol–water partition coefficient (Wildman–Crippen LogP) is 4.46. The molecular weight excluding hydrogens is 1290 g/mol. The summed E-state index contributed by atoms with van der Waals surface area (Å²) in [5, 5.41) is 22.3. The van der Waals surface area contributed by atoms with Gasteiger partial charge in [0, 0.05) is 69.0 Å². The lowest BCUT2D eigenvalue weighted by Gasteiger charge is -2.41. The summed E-state index contributed by atoms with van der Waals surface area (Å²) >= 11 is 1.18. The average Bonchev–Trinajstić information content (AvgIpc) is 0.806. The minimum absolute atomic E-state index is 0.0139. The van der Waals surface area contributed by atoms with E-state index in [2.05, 4.69) is 26.2 Å². The second-order valence-corrected chi connectivity index (χ2v) is 30.6. The highest BCUT2D eigenvalue weighted by Gasteiger charge is 2.47. The van der Waals surface area contributed by atoms with Crippen molar-refractivity contribution in [2.45, 2.75) is 241 Å². The van der Waals surface area contributed by atoms with Crippen LogP contribution in [0.5, 0.6) is 0 Å². The Kier molecular flexibility index (Phi) is 38.9. The van der Waals surface area contributed by atoms with Crippen molar-refractivity contribution in [3.05, 3.63) is 12.2 Å². The van der Waals surface area contributed by atoms with Crippen LogP contribution in [0.1, 0.15) is 169 Å². The van der Waals surface area contributed by atoms with E-state index in [1.54, 1.807) is 47.6 Å². The predicted molar refractivity (Wildman–Crippen MR) is 387 cm³/mol. The number of hydrogen-bond donors (Lipinski definition) is 5. The van der Waals surface area contributed by atoms with Crippen molar-refractivity contribution in [1.29, 1.82) is 0 Å². The number of carbonyl (C=O) groups is 11. The largest absolute Gasteiger partial charge is 0.390 e. The van der Waals surface area contributed by atoms with Gasteiger partial charge in [-0.1, -0.05) is 122 Å². The summed E-state index contributed by atoms with van der Waals surface area (Å²) in [5.41, 5.74) is 0. The second-order valence-electron chi connectivity index (χ2n) is 29.4. The van der Waals surface area contributed by atoms with Gasteiger partial charge in [0.1, 0.15) is 60.4 Å². The fourth-order valence-corrected chi connectivity index (χ4v) is 13.7. The van der Waals surface area contributed by atoms with Gasteiger partial charge in [-0.05, 0) is 113 Å². The van der Waals surface area contributed by atoms with Crippen molar-refractivity contribution in [3.63, 3.8) is 0 Å². The number of rotatable bonds is 24. The van der Waals surface area contributed by atoms with Crippen LogP contribution in [-0.4, -0.2) is 282 Å². The molecule has 568 valence electrons. The van der Waals surface area contributed by atoms with Gasteiger partial charge in [-0.15, -0.1) is 11.8 Å². The lowest BCUT2D eigenvalue weighted by molar-refractivity contribution is -0.157. The zero-order valence-corrected chi connectivity index (χ0v) is 65.5. The van der Waals surface area contributed by atoms with Gasteiger partial charge in [-0.2, -0.15) is 0 Å². The molecule has 2 aliphatic rings. The Balaban J connectivity index is 3.14. The van der Waals surface area contributed by atoms with Crippen LogP contribution >= 0.6 is 11.8 Å². The standard InChI is InChI=1S/C72H130N12O14S/c1-25-29-31-48(15)60(85)59-64(89)75-52(28-4)66(91)83(24)72(99-37-30-32-84-33-35-97-36-34-84)71(96)80(21)56(42-98-41-51(26-2)27-3)63(88)76-57(46(11)12)69(94)77(18)53(38-43(5)6)62(87)73-49(16)61(86)74-50(17)65(90)78(19)54(39-44(7)8)67(92)79(20)55(40-45(9)10)68(93)81(22)58(47(13)14)70(95)82(59)23/h25,29,43-60,72,85H,26-28,30-42H2,1-24H3,(H,73,87)(H,74,86)(H,75,89)(H,76,88)/b29-25+/t48-,49+,50-,52+,53+,54+,55+,56+,57+,58+,59+,60-,72-/m1/s1. The average molecular weight is 1420 g/mol. The highest BCUT2D eigenvalue weighted by Crippen LogP contribution is 2.27. The van der Waals surface area contributed by atoms with Crippen LogP contribution in [0.25, 0.3) is 0 Å². The third-order valence-corrected chi connectivity index (χ3v) is 20.6. The molecule has 0 saturated carbocycles. The molecule has 0 aromatic heterocycles. The van der Waals surface area contributed by atoms with Gasteiger partial charge in [0.05, 0.1) is 25.9 Å². The van der Waals surface area contributed by atoms with Crippen molar-refractivity contribution >= 4 is 76.7 Å². The summed E-state index contributed by atoms with van der Waals surface area (Å²) in [6.07, 6.45) is 4.90. The van der Waals surface area contributed by atoms with Crippen LogP contribution in [-0.2, 0) is 62.2 Å². The Morgan fingerprint density at radius 3 is 1.53 bits per heavy atom. The first-order chi connectivity index (χ1) is 46.3. The zero-order chi connectivity index (χ0) is 75.6. The van der Waals surface area contributed by atoms with Crippen molar-refractivity contribution < 1.29 is 67.3 Å². The highest BCUT2D eigenvalue weighted by molar-refractivity contribution is 8.00. The van der Waals surface area contributed by atoms with Crippen molar-refractivity contribution in [3.8, 4) is 0 Å². The van der Waals surface area contributed by atoms with E-state index in [-0.39, 0.29) is 62.6 Å². The molecule has 2 rings (SSSR count). The molecule has 0 aliphatic carbocycles. The monoisotopic (exact) mass is 1420 g/mol. The molecule has 2 heterocycles. The summed E-state index contributed by atoms with van der Waals surface area (Å²) in [5.74, 6) is -9.50. The maximum atomic E-state index is 15.6. The Labute approximate surface area is 597 Å². The van der Waals surface area contributed by atoms with E-state index in [1.165, 1.54) is 104 Å². The van der Waals surface area contributed by atoms with Crippen LogP contribution in [0.4, 0.5) is 0 Å². The minimum atomic E-state index is -1.65. The molecule has 2 aliphatic heterocycles. The maximum Gasteiger partial charge on any atom is 0.256 e. The number of morpholine rings is 1. The van der Waals surface area contributed by atoms with Crippen molar-refractivity contribution in [1.82, 2.24) is 60.5 Å². The van der Waals surface area contributed by atoms with Crippen LogP contribution in [0, 0.1) is 41.4 Å². The number of nitrogens with zero attached hydrogens (tertiary/aromatic N) is 8. The number of likely N-dealkylation sites (N-methyl/N-ethyl adjacent to an activating group) is 7. The number of aliphatic hydroxyl groups excluding tert-OH is 1. The molecule has 27 heteroatoms. The third kappa shape index (κ3) is 26.1. The molecular formula is C72H130N12O14S.